The van der Waals surface area contributed by atoms with Crippen LogP contribution in [0, 0.1) is 5.92 Å². The molecule has 0 radical (unpaired) electrons. The first kappa shape index (κ1) is 16.0. The summed E-state index contributed by atoms with van der Waals surface area (Å²) in [4.78, 5) is 20.4. The number of hydrogen-bond acceptors (Lipinski definition) is 5. The van der Waals surface area contributed by atoms with Gasteiger partial charge in [0.2, 0.25) is 5.72 Å². The maximum atomic E-state index is 10.8. The Morgan fingerprint density at radius 1 is 1.18 bits per heavy atom. The van der Waals surface area contributed by atoms with Crippen LogP contribution >= 0.6 is 0 Å². The molecular formula is C12H24N2O3. The van der Waals surface area contributed by atoms with E-state index in [2.05, 4.69) is 15.1 Å². The van der Waals surface area contributed by atoms with E-state index in [1.807, 2.05) is 34.6 Å². The highest BCUT2D eigenvalue weighted by molar-refractivity contribution is 5.65. The Morgan fingerprint density at radius 3 is 2.06 bits per heavy atom. The van der Waals surface area contributed by atoms with Crippen LogP contribution in [0.2, 0.25) is 0 Å². The summed E-state index contributed by atoms with van der Waals surface area (Å²) in [5, 5.41) is 8.33. The summed E-state index contributed by atoms with van der Waals surface area (Å²) in [5.74, 6) is -0.139. The molecule has 0 spiro atoms. The first-order valence-corrected chi connectivity index (χ1v) is 5.84. The van der Waals surface area contributed by atoms with Gasteiger partial charge in [-0.15, -0.1) is 0 Å². The second kappa shape index (κ2) is 6.10. The molecule has 5 heteroatoms. The number of rotatable bonds is 5. The lowest BCUT2D eigenvalue weighted by molar-refractivity contribution is -0.330. The lowest BCUT2D eigenvalue weighted by Gasteiger charge is -2.25. The molecule has 1 unspecified atom stereocenters. The smallest absolute Gasteiger partial charge is 0.296 e. The SMILES string of the molecule is CC(=O)OOC(C)(CC(C)C)/N=N/C(C)(C)C. The van der Waals surface area contributed by atoms with Crippen LogP contribution in [0.15, 0.2) is 10.2 Å². The van der Waals surface area contributed by atoms with E-state index in [-0.39, 0.29) is 5.54 Å². The zero-order chi connectivity index (χ0) is 13.7. The third kappa shape index (κ3) is 8.80. The maximum Gasteiger partial charge on any atom is 0.339 e. The van der Waals surface area contributed by atoms with Crippen LogP contribution < -0.4 is 0 Å². The zero-order valence-corrected chi connectivity index (χ0v) is 11.9. The Morgan fingerprint density at radius 2 is 1.71 bits per heavy atom. The highest BCUT2D eigenvalue weighted by Crippen LogP contribution is 2.25. The van der Waals surface area contributed by atoms with Crippen molar-refractivity contribution in [2.75, 3.05) is 0 Å². The van der Waals surface area contributed by atoms with Gasteiger partial charge < -0.3 is 0 Å². The summed E-state index contributed by atoms with van der Waals surface area (Å²) >= 11 is 0. The molecule has 0 saturated heterocycles. The third-order valence-electron chi connectivity index (χ3n) is 1.69. The van der Waals surface area contributed by atoms with Crippen molar-refractivity contribution in [2.24, 2.45) is 16.1 Å². The van der Waals surface area contributed by atoms with E-state index in [1.54, 1.807) is 6.92 Å². The van der Waals surface area contributed by atoms with Gasteiger partial charge in [-0.3, -0.25) is 4.89 Å². The minimum atomic E-state index is -0.923. The van der Waals surface area contributed by atoms with Crippen LogP contribution in [0.1, 0.15) is 54.9 Å². The van der Waals surface area contributed by atoms with E-state index in [0.717, 1.165) is 0 Å². The summed E-state index contributed by atoms with van der Waals surface area (Å²) in [6, 6.07) is 0. The van der Waals surface area contributed by atoms with Crippen LogP contribution in [0.5, 0.6) is 0 Å². The predicted molar refractivity (Wildman–Crippen MR) is 65.3 cm³/mol. The fourth-order valence-corrected chi connectivity index (χ4v) is 1.25. The van der Waals surface area contributed by atoms with Crippen LogP contribution in [0.3, 0.4) is 0 Å². The summed E-state index contributed by atoms with van der Waals surface area (Å²) < 4.78 is 0. The Balaban J connectivity index is 4.71. The van der Waals surface area contributed by atoms with E-state index >= 15 is 0 Å². The monoisotopic (exact) mass is 244 g/mol. The Hall–Kier alpha value is -0.970. The average Bonchev–Trinajstić information content (AvgIpc) is 2.10. The molecule has 0 saturated carbocycles. The van der Waals surface area contributed by atoms with Crippen molar-refractivity contribution in [2.45, 2.75) is 66.2 Å². The Labute approximate surface area is 104 Å². The minimum absolute atomic E-state index is 0.280. The van der Waals surface area contributed by atoms with Crippen molar-refractivity contribution in [3.63, 3.8) is 0 Å². The number of carbonyl (C=O) groups is 1. The zero-order valence-electron chi connectivity index (χ0n) is 11.9. The van der Waals surface area contributed by atoms with Gasteiger partial charge in [-0.2, -0.15) is 15.1 Å². The van der Waals surface area contributed by atoms with Gasteiger partial charge in [-0.05, 0) is 33.6 Å². The molecule has 0 rings (SSSR count). The van der Waals surface area contributed by atoms with Crippen molar-refractivity contribution < 1.29 is 14.6 Å². The van der Waals surface area contributed by atoms with Crippen molar-refractivity contribution in [1.29, 1.82) is 0 Å². The van der Waals surface area contributed by atoms with E-state index < -0.39 is 11.7 Å². The highest BCUT2D eigenvalue weighted by Gasteiger charge is 2.30. The number of nitrogens with zero attached hydrogens (tertiary/aromatic N) is 2. The largest absolute Gasteiger partial charge is 0.339 e. The Bertz CT molecular complexity index is 282. The molecule has 0 aliphatic heterocycles. The van der Waals surface area contributed by atoms with Gasteiger partial charge in [-0.25, -0.2) is 4.79 Å². The van der Waals surface area contributed by atoms with Gasteiger partial charge in [0.05, 0.1) is 5.54 Å². The highest BCUT2D eigenvalue weighted by atomic mass is 17.2. The van der Waals surface area contributed by atoms with Crippen LogP contribution in [0.25, 0.3) is 0 Å². The molecule has 17 heavy (non-hydrogen) atoms. The molecule has 0 heterocycles. The van der Waals surface area contributed by atoms with Gasteiger partial charge in [-0.1, -0.05) is 13.8 Å². The van der Waals surface area contributed by atoms with E-state index in [9.17, 15) is 4.79 Å². The molecule has 0 aromatic carbocycles. The van der Waals surface area contributed by atoms with Crippen molar-refractivity contribution in [3.8, 4) is 0 Å². The van der Waals surface area contributed by atoms with E-state index in [1.165, 1.54) is 6.92 Å². The molecule has 0 N–H and O–H groups in total. The first-order chi connectivity index (χ1) is 7.54. The van der Waals surface area contributed by atoms with Gasteiger partial charge >= 0.3 is 5.97 Å². The van der Waals surface area contributed by atoms with Crippen molar-refractivity contribution >= 4 is 5.97 Å². The van der Waals surface area contributed by atoms with Gasteiger partial charge in [0.25, 0.3) is 0 Å². The molecule has 0 aliphatic carbocycles. The first-order valence-electron chi connectivity index (χ1n) is 5.84. The molecular weight excluding hydrogens is 220 g/mol. The molecule has 0 amide bonds. The number of hydrogen-bond donors (Lipinski definition) is 0. The summed E-state index contributed by atoms with van der Waals surface area (Å²) in [7, 11) is 0. The summed E-state index contributed by atoms with van der Waals surface area (Å²) in [6.45, 7) is 13.0. The molecule has 0 bridgehead atoms. The predicted octanol–water partition coefficient (Wildman–Crippen LogP) is 3.49. The van der Waals surface area contributed by atoms with E-state index in [4.69, 9.17) is 4.89 Å². The quantitative estimate of drug-likeness (QED) is 0.422. The third-order valence-corrected chi connectivity index (χ3v) is 1.69. The minimum Gasteiger partial charge on any atom is -0.296 e. The standard InChI is InChI=1S/C12H24N2O3/c1-9(2)8-12(7,17-16-10(3)15)14-13-11(4,5)6/h9H,8H2,1-7H3/b14-13+. The van der Waals surface area contributed by atoms with Gasteiger partial charge in [0, 0.05) is 13.3 Å². The molecule has 0 fully saturated rings. The van der Waals surface area contributed by atoms with Crippen molar-refractivity contribution in [3.05, 3.63) is 0 Å². The fourth-order valence-electron chi connectivity index (χ4n) is 1.25. The van der Waals surface area contributed by atoms with Crippen LogP contribution in [0.4, 0.5) is 0 Å². The van der Waals surface area contributed by atoms with Crippen LogP contribution in [-0.2, 0) is 14.6 Å². The lowest BCUT2D eigenvalue weighted by atomic mass is 10.0. The Kier molecular flexibility index (Phi) is 5.75. The second-order valence-electron chi connectivity index (χ2n) is 5.80. The molecule has 100 valence electrons. The van der Waals surface area contributed by atoms with Crippen molar-refractivity contribution in [1.82, 2.24) is 0 Å². The normalized spacial score (nSPS) is 16.2. The molecule has 0 aromatic rings. The molecule has 0 aromatic heterocycles. The number of azo groups is 1. The summed E-state index contributed by atoms with van der Waals surface area (Å²) in [6.07, 6.45) is 0.625. The lowest BCUT2D eigenvalue weighted by Crippen LogP contribution is -2.30. The topological polar surface area (TPSA) is 60.2 Å². The fraction of sp³-hybridized carbons (Fsp3) is 0.917. The number of carbonyl (C=O) groups excluding carboxylic acids is 1. The van der Waals surface area contributed by atoms with E-state index in [0.29, 0.717) is 12.3 Å². The van der Waals surface area contributed by atoms with Gasteiger partial charge in [0.1, 0.15) is 0 Å². The maximum absolute atomic E-state index is 10.8. The van der Waals surface area contributed by atoms with Crippen LogP contribution in [-0.4, -0.2) is 17.2 Å². The average molecular weight is 244 g/mol. The summed E-state index contributed by atoms with van der Waals surface area (Å²) in [5.41, 5.74) is -1.20. The molecule has 5 nitrogen and oxygen atoms in total. The molecule has 1 atom stereocenters. The molecule has 0 aliphatic rings. The van der Waals surface area contributed by atoms with Gasteiger partial charge in [0.15, 0.2) is 0 Å². The second-order valence-corrected chi connectivity index (χ2v) is 5.80.